The fraction of sp³-hybridized carbons (Fsp3) is 0.136. The zero-order chi connectivity index (χ0) is 23.8. The number of aryl methyl sites for hydroxylation is 1. The van der Waals surface area contributed by atoms with Gasteiger partial charge in [-0.05, 0) is 66.9 Å². The molecule has 0 spiro atoms. The molecule has 11 heteroatoms. The molecule has 8 nitrogen and oxygen atoms in total. The van der Waals surface area contributed by atoms with E-state index in [1.165, 1.54) is 34.6 Å². The number of rotatable bonds is 5. The third-order valence-electron chi connectivity index (χ3n) is 5.23. The first-order chi connectivity index (χ1) is 15.7. The Hall–Kier alpha value is -3.50. The number of nitrogens with one attached hydrogen (secondary N) is 1. The first-order valence-electron chi connectivity index (χ1n) is 9.83. The third kappa shape index (κ3) is 4.53. The Morgan fingerprint density at radius 1 is 1.09 bits per heavy atom. The summed E-state index contributed by atoms with van der Waals surface area (Å²) in [6.07, 6.45) is 1.26. The molecule has 1 aliphatic rings. The molecule has 0 aliphatic carbocycles. The van der Waals surface area contributed by atoms with Gasteiger partial charge in [-0.1, -0.05) is 17.7 Å². The first kappa shape index (κ1) is 22.7. The molecule has 0 unspecified atom stereocenters. The number of carbonyl (C=O) groups excluding carboxylic acids is 1. The molecular formula is C22H17ClFN3O5S. The maximum absolute atomic E-state index is 13.3. The van der Waals surface area contributed by atoms with Gasteiger partial charge in [0, 0.05) is 23.9 Å². The van der Waals surface area contributed by atoms with Gasteiger partial charge in [-0.3, -0.25) is 19.2 Å². The number of halogens is 2. The van der Waals surface area contributed by atoms with E-state index in [1.807, 2.05) is 0 Å². The van der Waals surface area contributed by atoms with E-state index in [0.29, 0.717) is 24.2 Å². The van der Waals surface area contributed by atoms with Crippen LogP contribution in [0.3, 0.4) is 0 Å². The number of anilines is 2. The van der Waals surface area contributed by atoms with Crippen LogP contribution in [-0.4, -0.2) is 25.8 Å². The second-order valence-electron chi connectivity index (χ2n) is 7.36. The number of amides is 1. The Morgan fingerprint density at radius 3 is 2.52 bits per heavy atom. The number of sulfonamides is 1. The molecule has 1 aliphatic heterocycles. The minimum Gasteiger partial charge on any atom is -0.322 e. The number of nitro groups is 1. The summed E-state index contributed by atoms with van der Waals surface area (Å²) >= 11 is 5.80. The second kappa shape index (κ2) is 8.80. The van der Waals surface area contributed by atoms with Gasteiger partial charge in [0.2, 0.25) is 0 Å². The van der Waals surface area contributed by atoms with Gasteiger partial charge < -0.3 is 5.32 Å². The summed E-state index contributed by atoms with van der Waals surface area (Å²) in [6, 6.07) is 13.2. The molecule has 1 N–H and O–H groups in total. The quantitative estimate of drug-likeness (QED) is 0.409. The largest absolute Gasteiger partial charge is 0.322 e. The number of nitro benzene ring substituents is 1. The van der Waals surface area contributed by atoms with E-state index in [-0.39, 0.29) is 22.0 Å². The fourth-order valence-corrected chi connectivity index (χ4v) is 5.32. The van der Waals surface area contributed by atoms with Crippen molar-refractivity contribution in [3.05, 3.63) is 92.7 Å². The number of fused-ring (bicyclic) bond motifs is 1. The van der Waals surface area contributed by atoms with Crippen LogP contribution in [-0.2, 0) is 16.4 Å². The molecule has 1 heterocycles. The predicted molar refractivity (Wildman–Crippen MR) is 122 cm³/mol. The Labute approximate surface area is 193 Å². The average molecular weight is 490 g/mol. The van der Waals surface area contributed by atoms with Gasteiger partial charge in [0.15, 0.2) is 0 Å². The monoisotopic (exact) mass is 489 g/mol. The normalized spacial score (nSPS) is 13.3. The van der Waals surface area contributed by atoms with Crippen molar-refractivity contribution < 1.29 is 22.5 Å². The van der Waals surface area contributed by atoms with Crippen LogP contribution in [0, 0.1) is 15.9 Å². The molecule has 0 atom stereocenters. The van der Waals surface area contributed by atoms with E-state index in [0.717, 1.165) is 23.8 Å². The van der Waals surface area contributed by atoms with Crippen LogP contribution >= 0.6 is 11.6 Å². The lowest BCUT2D eigenvalue weighted by Gasteiger charge is -2.31. The van der Waals surface area contributed by atoms with E-state index in [4.69, 9.17) is 11.6 Å². The van der Waals surface area contributed by atoms with E-state index >= 15 is 0 Å². The molecule has 0 radical (unpaired) electrons. The van der Waals surface area contributed by atoms with Gasteiger partial charge in [0.1, 0.15) is 10.8 Å². The minimum absolute atomic E-state index is 0.0274. The molecule has 0 saturated heterocycles. The molecule has 3 aromatic rings. The summed E-state index contributed by atoms with van der Waals surface area (Å²) in [5.41, 5.74) is 1.14. The van der Waals surface area contributed by atoms with Crippen LogP contribution in [0.15, 0.2) is 65.6 Å². The van der Waals surface area contributed by atoms with Crippen LogP contribution in [0.1, 0.15) is 22.3 Å². The van der Waals surface area contributed by atoms with Crippen molar-refractivity contribution in [3.63, 3.8) is 0 Å². The molecule has 0 fully saturated rings. The third-order valence-corrected chi connectivity index (χ3v) is 7.37. The summed E-state index contributed by atoms with van der Waals surface area (Å²) < 4.78 is 40.9. The number of nitrogens with zero attached hydrogens (tertiary/aromatic N) is 2. The summed E-state index contributed by atoms with van der Waals surface area (Å²) in [6.45, 7) is 0.230. The molecule has 3 aromatic carbocycles. The van der Waals surface area contributed by atoms with Crippen molar-refractivity contribution in [2.75, 3.05) is 16.2 Å². The summed E-state index contributed by atoms with van der Waals surface area (Å²) in [5, 5.41) is 13.6. The zero-order valence-corrected chi connectivity index (χ0v) is 18.6. The van der Waals surface area contributed by atoms with Gasteiger partial charge in [0.25, 0.3) is 21.6 Å². The SMILES string of the molecule is O=C(Nc1ccc2c(c1)N(S(=O)(=O)c1ccc(F)cc1)CCC2)c1ccc(Cl)c([N+](=O)[O-])c1. The van der Waals surface area contributed by atoms with Crippen LogP contribution in [0.5, 0.6) is 0 Å². The topological polar surface area (TPSA) is 110 Å². The van der Waals surface area contributed by atoms with Gasteiger partial charge >= 0.3 is 0 Å². The van der Waals surface area contributed by atoms with Gasteiger partial charge in [-0.2, -0.15) is 0 Å². The van der Waals surface area contributed by atoms with Gasteiger partial charge in [-0.25, -0.2) is 12.8 Å². The molecule has 1 amide bonds. The highest BCUT2D eigenvalue weighted by Crippen LogP contribution is 2.34. The van der Waals surface area contributed by atoms with Crippen molar-refractivity contribution in [2.24, 2.45) is 0 Å². The molecular weight excluding hydrogens is 473 g/mol. The Balaban J connectivity index is 1.65. The maximum Gasteiger partial charge on any atom is 0.288 e. The van der Waals surface area contributed by atoms with E-state index < -0.39 is 32.4 Å². The maximum atomic E-state index is 13.3. The number of hydrogen-bond acceptors (Lipinski definition) is 5. The van der Waals surface area contributed by atoms with E-state index in [9.17, 15) is 27.7 Å². The summed E-state index contributed by atoms with van der Waals surface area (Å²) in [4.78, 5) is 23.0. The standard InChI is InChI=1S/C22H17ClFN3O5S/c23-19-10-4-15(12-21(19)27(29)30)22(28)25-17-7-3-14-2-1-11-26(20(14)13-17)33(31,32)18-8-5-16(24)6-9-18/h3-10,12-13H,1-2,11H2,(H,25,28). The van der Waals surface area contributed by atoms with Gasteiger partial charge in [0.05, 0.1) is 15.5 Å². The van der Waals surface area contributed by atoms with Crippen molar-refractivity contribution in [1.29, 1.82) is 0 Å². The second-order valence-corrected chi connectivity index (χ2v) is 9.63. The summed E-state index contributed by atoms with van der Waals surface area (Å²) in [7, 11) is -3.95. The lowest BCUT2D eigenvalue weighted by Crippen LogP contribution is -2.35. The highest BCUT2D eigenvalue weighted by atomic mass is 35.5. The average Bonchev–Trinajstić information content (AvgIpc) is 2.79. The van der Waals surface area contributed by atoms with Crippen LogP contribution < -0.4 is 9.62 Å². The number of carbonyl (C=O) groups is 1. The minimum atomic E-state index is -3.95. The predicted octanol–water partition coefficient (Wildman–Crippen LogP) is 4.78. The van der Waals surface area contributed by atoms with Gasteiger partial charge in [-0.15, -0.1) is 0 Å². The summed E-state index contributed by atoms with van der Waals surface area (Å²) in [5.74, 6) is -1.15. The highest BCUT2D eigenvalue weighted by Gasteiger charge is 2.29. The lowest BCUT2D eigenvalue weighted by molar-refractivity contribution is -0.384. The number of hydrogen-bond donors (Lipinski definition) is 1. The molecule has 0 saturated carbocycles. The van der Waals surface area contributed by atoms with Crippen molar-refractivity contribution in [1.82, 2.24) is 0 Å². The van der Waals surface area contributed by atoms with Crippen molar-refractivity contribution in [3.8, 4) is 0 Å². The Bertz CT molecular complexity index is 1360. The number of benzene rings is 3. The zero-order valence-electron chi connectivity index (χ0n) is 17.0. The van der Waals surface area contributed by atoms with Crippen LogP contribution in [0.2, 0.25) is 5.02 Å². The van der Waals surface area contributed by atoms with Crippen molar-refractivity contribution >= 4 is 44.6 Å². The highest BCUT2D eigenvalue weighted by molar-refractivity contribution is 7.92. The molecule has 0 bridgehead atoms. The van der Waals surface area contributed by atoms with Crippen LogP contribution in [0.4, 0.5) is 21.5 Å². The fourth-order valence-electron chi connectivity index (χ4n) is 3.60. The molecule has 33 heavy (non-hydrogen) atoms. The molecule has 170 valence electrons. The first-order valence-corrected chi connectivity index (χ1v) is 11.6. The van der Waals surface area contributed by atoms with E-state index in [2.05, 4.69) is 5.32 Å². The molecule has 4 rings (SSSR count). The van der Waals surface area contributed by atoms with Crippen molar-refractivity contribution in [2.45, 2.75) is 17.7 Å². The lowest BCUT2D eigenvalue weighted by atomic mass is 10.0. The Kier molecular flexibility index (Phi) is 6.05. The van der Waals surface area contributed by atoms with Crippen LogP contribution in [0.25, 0.3) is 0 Å². The Morgan fingerprint density at radius 2 is 1.82 bits per heavy atom. The molecule has 0 aromatic heterocycles. The van der Waals surface area contributed by atoms with E-state index in [1.54, 1.807) is 12.1 Å². The smallest absolute Gasteiger partial charge is 0.288 e.